The van der Waals surface area contributed by atoms with Crippen LogP contribution in [-0.4, -0.2) is 20.2 Å². The van der Waals surface area contributed by atoms with Crippen molar-refractivity contribution in [3.8, 4) is 0 Å². The van der Waals surface area contributed by atoms with Gasteiger partial charge in [-0.1, -0.05) is 45.2 Å². The Morgan fingerprint density at radius 2 is 1.69 bits per heavy atom. The van der Waals surface area contributed by atoms with Crippen LogP contribution in [0.25, 0.3) is 0 Å². The summed E-state index contributed by atoms with van der Waals surface area (Å²) >= 11 is 6.97. The van der Waals surface area contributed by atoms with Crippen molar-refractivity contribution in [2.75, 3.05) is 0 Å². The lowest BCUT2D eigenvalue weighted by molar-refractivity contribution is -0.146. The number of hydrogen-bond donors (Lipinski definition) is 1. The van der Waals surface area contributed by atoms with Crippen LogP contribution in [0.1, 0.15) is 78.1 Å². The van der Waals surface area contributed by atoms with Gasteiger partial charge >= 0.3 is 0 Å². The minimum absolute atomic E-state index is 0.190. The van der Waals surface area contributed by atoms with Crippen molar-refractivity contribution in [1.29, 1.82) is 0 Å². The monoisotopic (exact) mass is 488 g/mol. The number of alkyl halides is 2. The highest BCUT2D eigenvalue weighted by molar-refractivity contribution is 9.25. The highest BCUT2D eigenvalue weighted by atomic mass is 79.9. The fourth-order valence-corrected chi connectivity index (χ4v) is 8.53. The predicted octanol–water partition coefficient (Wildman–Crippen LogP) is 6.08. The molecule has 0 aromatic carbocycles. The maximum atomic E-state index is 12.9. The van der Waals surface area contributed by atoms with E-state index in [0.29, 0.717) is 5.78 Å². The zero-order chi connectivity index (χ0) is 18.7. The average Bonchev–Trinajstić information content (AvgIpc) is 2.58. The first-order chi connectivity index (χ1) is 12.2. The van der Waals surface area contributed by atoms with Gasteiger partial charge in [0.05, 0.1) is 5.60 Å². The van der Waals surface area contributed by atoms with Gasteiger partial charge in [-0.2, -0.15) is 0 Å². The van der Waals surface area contributed by atoms with E-state index in [1.807, 2.05) is 6.92 Å². The lowest BCUT2D eigenvalue weighted by Crippen LogP contribution is -2.55. The molecule has 0 aromatic heterocycles. The zero-order valence-corrected chi connectivity index (χ0v) is 19.4. The molecule has 4 aliphatic rings. The summed E-state index contributed by atoms with van der Waals surface area (Å²) in [5, 5.41) is 10.5. The van der Waals surface area contributed by atoms with Crippen LogP contribution in [0.15, 0.2) is 0 Å². The van der Waals surface area contributed by atoms with Crippen molar-refractivity contribution in [3.63, 3.8) is 0 Å². The Hall–Kier alpha value is 0.590. The van der Waals surface area contributed by atoms with Crippen LogP contribution in [0.3, 0.4) is 0 Å². The highest BCUT2D eigenvalue weighted by Gasteiger charge is 2.57. The maximum Gasteiger partial charge on any atom is 0.160 e. The fraction of sp³-hybridized carbons (Fsp3) is 0.955. The number of fused-ring (bicyclic) bond motifs is 5. The van der Waals surface area contributed by atoms with Crippen molar-refractivity contribution in [2.24, 2.45) is 40.9 Å². The first-order valence-corrected chi connectivity index (χ1v) is 12.6. The smallest absolute Gasteiger partial charge is 0.160 e. The first kappa shape index (κ1) is 19.9. The Morgan fingerprint density at radius 1 is 0.962 bits per heavy atom. The number of carbonyl (C=O) groups is 1. The SMILES string of the molecule is C[C@@]1(O)CC[C@H]2[C@H](CC[C@@H]3[C@@H]2CC[C@]2(C)[C@@H](C(=O)C(Br)Br)CCC[C@@H]32)C1. The summed E-state index contributed by atoms with van der Waals surface area (Å²) in [4.78, 5) is 12.9. The average molecular weight is 490 g/mol. The molecule has 26 heavy (non-hydrogen) atoms. The van der Waals surface area contributed by atoms with E-state index in [1.165, 1.54) is 44.9 Å². The summed E-state index contributed by atoms with van der Waals surface area (Å²) in [6, 6.07) is 0. The lowest BCUT2D eigenvalue weighted by atomic mass is 9.44. The standard InChI is InChI=1S/C22H34Br2O2/c1-21(26)10-8-14-13(12-21)6-7-16-15(14)9-11-22(2)17(16)4-3-5-18(22)19(25)20(23)24/h13-18,20,26H,3-12H2,1-2H3/t13-,14+,15-,16-,17+,18-,21-,22+/m1/s1. The van der Waals surface area contributed by atoms with E-state index in [2.05, 4.69) is 38.8 Å². The number of aliphatic hydroxyl groups is 1. The molecule has 0 aromatic rings. The van der Waals surface area contributed by atoms with E-state index in [4.69, 9.17) is 0 Å². The molecule has 0 unspecified atom stereocenters. The van der Waals surface area contributed by atoms with Crippen LogP contribution in [-0.2, 0) is 4.79 Å². The van der Waals surface area contributed by atoms with Crippen molar-refractivity contribution in [3.05, 3.63) is 0 Å². The number of hydrogen-bond acceptors (Lipinski definition) is 2. The predicted molar refractivity (Wildman–Crippen MR) is 112 cm³/mol. The van der Waals surface area contributed by atoms with Gasteiger partial charge in [-0.05, 0) is 99.7 Å². The normalized spacial score (nSPS) is 51.3. The third-order valence-corrected chi connectivity index (χ3v) is 9.94. The molecule has 2 nitrogen and oxygen atoms in total. The molecule has 0 saturated heterocycles. The van der Waals surface area contributed by atoms with Crippen LogP contribution < -0.4 is 0 Å². The second kappa shape index (κ2) is 7.13. The summed E-state index contributed by atoms with van der Waals surface area (Å²) in [6.45, 7) is 4.48. The van der Waals surface area contributed by atoms with Gasteiger partial charge in [0.25, 0.3) is 0 Å². The number of ketones is 1. The summed E-state index contributed by atoms with van der Waals surface area (Å²) in [5.74, 6) is 4.55. The third kappa shape index (κ3) is 3.28. The van der Waals surface area contributed by atoms with Gasteiger partial charge < -0.3 is 5.11 Å². The van der Waals surface area contributed by atoms with E-state index in [9.17, 15) is 9.90 Å². The minimum atomic E-state index is -0.430. The van der Waals surface area contributed by atoms with Crippen molar-refractivity contribution in [2.45, 2.75) is 87.4 Å². The Balaban J connectivity index is 1.56. The second-order valence-corrected chi connectivity index (χ2v) is 13.5. The van der Waals surface area contributed by atoms with Crippen LogP contribution >= 0.6 is 31.9 Å². The lowest BCUT2D eigenvalue weighted by Gasteiger charge is -2.60. The Bertz CT molecular complexity index is 560. The van der Waals surface area contributed by atoms with Gasteiger partial charge in [-0.25, -0.2) is 0 Å². The summed E-state index contributed by atoms with van der Waals surface area (Å²) in [7, 11) is 0. The maximum absolute atomic E-state index is 12.9. The minimum Gasteiger partial charge on any atom is -0.390 e. The summed E-state index contributed by atoms with van der Waals surface area (Å²) < 4.78 is -0.190. The molecule has 4 rings (SSSR count). The number of Topliss-reactive ketones (excluding diaryl/α,β-unsaturated/α-hetero) is 1. The highest BCUT2D eigenvalue weighted by Crippen LogP contribution is 2.63. The molecule has 0 radical (unpaired) electrons. The molecule has 0 amide bonds. The number of carbonyl (C=O) groups excluding carboxylic acids is 1. The van der Waals surface area contributed by atoms with Gasteiger partial charge in [-0.3, -0.25) is 4.79 Å². The fourth-order valence-electron chi connectivity index (χ4n) is 7.90. The Labute approximate surface area is 175 Å². The molecule has 4 saturated carbocycles. The summed E-state index contributed by atoms with van der Waals surface area (Å²) in [6.07, 6.45) is 12.0. The first-order valence-electron chi connectivity index (χ1n) is 10.8. The van der Waals surface area contributed by atoms with Gasteiger partial charge in [0.2, 0.25) is 0 Å². The van der Waals surface area contributed by atoms with E-state index in [0.717, 1.165) is 48.9 Å². The molecular weight excluding hydrogens is 456 g/mol. The van der Waals surface area contributed by atoms with Gasteiger partial charge in [0, 0.05) is 5.92 Å². The van der Waals surface area contributed by atoms with E-state index in [1.54, 1.807) is 0 Å². The molecule has 0 heterocycles. The molecule has 4 aliphatic carbocycles. The zero-order valence-electron chi connectivity index (χ0n) is 16.2. The Morgan fingerprint density at radius 3 is 2.42 bits per heavy atom. The largest absolute Gasteiger partial charge is 0.390 e. The van der Waals surface area contributed by atoms with Gasteiger partial charge in [0.15, 0.2) is 5.78 Å². The van der Waals surface area contributed by atoms with Crippen LogP contribution in [0.2, 0.25) is 0 Å². The number of halogens is 2. The third-order valence-electron chi connectivity index (χ3n) is 9.04. The van der Waals surface area contributed by atoms with Crippen molar-refractivity contribution < 1.29 is 9.90 Å². The van der Waals surface area contributed by atoms with Crippen LogP contribution in [0.4, 0.5) is 0 Å². The number of rotatable bonds is 2. The van der Waals surface area contributed by atoms with Gasteiger partial charge in [0.1, 0.15) is 3.74 Å². The molecule has 0 aliphatic heterocycles. The molecule has 8 atom stereocenters. The van der Waals surface area contributed by atoms with E-state index < -0.39 is 5.60 Å². The molecule has 148 valence electrons. The van der Waals surface area contributed by atoms with Gasteiger partial charge in [-0.15, -0.1) is 0 Å². The topological polar surface area (TPSA) is 37.3 Å². The molecule has 1 N–H and O–H groups in total. The molecule has 0 bridgehead atoms. The van der Waals surface area contributed by atoms with E-state index in [-0.39, 0.29) is 15.1 Å². The molecule has 0 spiro atoms. The Kier molecular flexibility index (Phi) is 5.45. The van der Waals surface area contributed by atoms with Crippen LogP contribution in [0, 0.1) is 40.9 Å². The second-order valence-electron chi connectivity index (χ2n) is 10.4. The quantitative estimate of drug-likeness (QED) is 0.477. The summed E-state index contributed by atoms with van der Waals surface area (Å²) in [5.41, 5.74) is -0.233. The van der Waals surface area contributed by atoms with Crippen LogP contribution in [0.5, 0.6) is 0 Å². The van der Waals surface area contributed by atoms with Crippen molar-refractivity contribution in [1.82, 2.24) is 0 Å². The molecule has 4 fully saturated rings. The molecular formula is C22H34Br2O2. The molecule has 4 heteroatoms. The van der Waals surface area contributed by atoms with E-state index >= 15 is 0 Å². The van der Waals surface area contributed by atoms with Crippen molar-refractivity contribution >= 4 is 37.6 Å².